The average molecular weight is 155 g/mol. The second kappa shape index (κ2) is 4.30. The number of thioether (sulfide) groups is 1. The van der Waals surface area contributed by atoms with Gasteiger partial charge in [0, 0.05) is 11.9 Å². The molecule has 10 heavy (non-hydrogen) atoms. The largest absolute Gasteiger partial charge is 0.386 e. The van der Waals surface area contributed by atoms with Gasteiger partial charge in [-0.2, -0.15) is 0 Å². The van der Waals surface area contributed by atoms with Crippen LogP contribution in [0.15, 0.2) is 24.4 Å². The normalized spacial score (nSPS) is 9.70. The van der Waals surface area contributed by atoms with Crippen molar-refractivity contribution in [2.45, 2.75) is 5.75 Å². The fourth-order valence-corrected chi connectivity index (χ4v) is 1.10. The Morgan fingerprint density at radius 3 is 3.00 bits per heavy atom. The standard InChI is InChI=1S/C7H9NOS/c9-6-10-5-7-3-1-2-4-8-7/h1-4,9H,5-6H2. The molecule has 1 N–H and O–H groups in total. The highest BCUT2D eigenvalue weighted by Crippen LogP contribution is 2.06. The molecule has 0 spiro atoms. The number of nitrogens with zero attached hydrogens (tertiary/aromatic N) is 1. The van der Waals surface area contributed by atoms with Gasteiger partial charge in [-0.1, -0.05) is 6.07 Å². The zero-order valence-electron chi connectivity index (χ0n) is 5.53. The molecular formula is C7H9NOS. The van der Waals surface area contributed by atoms with Gasteiger partial charge in [-0.15, -0.1) is 11.8 Å². The summed E-state index contributed by atoms with van der Waals surface area (Å²) in [6, 6.07) is 5.77. The molecule has 0 amide bonds. The molecule has 1 heterocycles. The van der Waals surface area contributed by atoms with E-state index in [9.17, 15) is 0 Å². The van der Waals surface area contributed by atoms with Gasteiger partial charge < -0.3 is 5.11 Å². The van der Waals surface area contributed by atoms with Crippen LogP contribution in [0, 0.1) is 0 Å². The van der Waals surface area contributed by atoms with Gasteiger partial charge in [-0.25, -0.2) is 0 Å². The summed E-state index contributed by atoms with van der Waals surface area (Å²) >= 11 is 1.45. The summed E-state index contributed by atoms with van der Waals surface area (Å²) in [7, 11) is 0. The van der Waals surface area contributed by atoms with Crippen LogP contribution in [0.4, 0.5) is 0 Å². The SMILES string of the molecule is OCSCc1ccccn1. The third kappa shape index (κ3) is 2.37. The predicted molar refractivity (Wildman–Crippen MR) is 42.6 cm³/mol. The minimum absolute atomic E-state index is 0.163. The lowest BCUT2D eigenvalue weighted by atomic mass is 10.4. The highest BCUT2D eigenvalue weighted by molar-refractivity contribution is 7.98. The zero-order valence-corrected chi connectivity index (χ0v) is 6.34. The minimum Gasteiger partial charge on any atom is -0.386 e. The molecule has 1 aromatic heterocycles. The maximum atomic E-state index is 8.46. The van der Waals surface area contributed by atoms with Crippen molar-refractivity contribution in [2.24, 2.45) is 0 Å². The van der Waals surface area contributed by atoms with Crippen molar-refractivity contribution < 1.29 is 5.11 Å². The Bertz CT molecular complexity index is 178. The molecule has 54 valence electrons. The predicted octanol–water partition coefficient (Wildman–Crippen LogP) is 1.26. The van der Waals surface area contributed by atoms with E-state index in [1.165, 1.54) is 11.8 Å². The average Bonchev–Trinajstić information content (AvgIpc) is 2.03. The lowest BCUT2D eigenvalue weighted by molar-refractivity contribution is 0.375. The van der Waals surface area contributed by atoms with Gasteiger partial charge in [0.15, 0.2) is 0 Å². The molecule has 0 saturated heterocycles. The third-order valence-corrected chi connectivity index (χ3v) is 1.75. The first kappa shape index (κ1) is 7.57. The molecule has 0 saturated carbocycles. The van der Waals surface area contributed by atoms with Crippen molar-refractivity contribution in [1.82, 2.24) is 4.98 Å². The van der Waals surface area contributed by atoms with Crippen molar-refractivity contribution in [3.8, 4) is 0 Å². The summed E-state index contributed by atoms with van der Waals surface area (Å²) in [5.74, 6) is 0.952. The van der Waals surface area contributed by atoms with Crippen LogP contribution in [-0.4, -0.2) is 16.0 Å². The van der Waals surface area contributed by atoms with Crippen LogP contribution in [0.3, 0.4) is 0 Å². The second-order valence-electron chi connectivity index (χ2n) is 1.80. The van der Waals surface area contributed by atoms with Crippen LogP contribution in [-0.2, 0) is 5.75 Å². The number of aromatic nitrogens is 1. The lowest BCUT2D eigenvalue weighted by Gasteiger charge is -1.95. The molecule has 3 heteroatoms. The summed E-state index contributed by atoms with van der Waals surface area (Å²) in [5, 5.41) is 8.46. The molecular weight excluding hydrogens is 146 g/mol. The van der Waals surface area contributed by atoms with Gasteiger partial charge in [-0.05, 0) is 12.1 Å². The number of hydrogen-bond acceptors (Lipinski definition) is 3. The molecule has 1 aromatic rings. The molecule has 0 aromatic carbocycles. The monoisotopic (exact) mass is 155 g/mol. The molecule has 0 aliphatic rings. The summed E-state index contributed by atoms with van der Waals surface area (Å²) in [4.78, 5) is 4.08. The van der Waals surface area contributed by atoms with Crippen molar-refractivity contribution in [3.63, 3.8) is 0 Å². The fraction of sp³-hybridized carbons (Fsp3) is 0.286. The Morgan fingerprint density at radius 1 is 1.50 bits per heavy atom. The van der Waals surface area contributed by atoms with Crippen LogP contribution in [0.5, 0.6) is 0 Å². The van der Waals surface area contributed by atoms with Crippen molar-refractivity contribution in [2.75, 3.05) is 5.94 Å². The third-order valence-electron chi connectivity index (χ3n) is 1.07. The van der Waals surface area contributed by atoms with Crippen LogP contribution in [0.25, 0.3) is 0 Å². The molecule has 0 unspecified atom stereocenters. The van der Waals surface area contributed by atoms with E-state index in [4.69, 9.17) is 5.11 Å². The topological polar surface area (TPSA) is 33.1 Å². The first-order valence-electron chi connectivity index (χ1n) is 3.02. The van der Waals surface area contributed by atoms with Gasteiger partial charge in [0.25, 0.3) is 0 Å². The van der Waals surface area contributed by atoms with Crippen molar-refractivity contribution in [3.05, 3.63) is 30.1 Å². The van der Waals surface area contributed by atoms with Gasteiger partial charge in [0.2, 0.25) is 0 Å². The van der Waals surface area contributed by atoms with E-state index in [0.717, 1.165) is 11.4 Å². The number of rotatable bonds is 3. The maximum absolute atomic E-state index is 8.46. The highest BCUT2D eigenvalue weighted by Gasteiger charge is 1.89. The van der Waals surface area contributed by atoms with Gasteiger partial charge in [0.1, 0.15) is 0 Å². The molecule has 0 radical (unpaired) electrons. The first-order chi connectivity index (χ1) is 4.93. The number of pyridine rings is 1. The molecule has 1 rings (SSSR count). The van der Waals surface area contributed by atoms with Crippen LogP contribution < -0.4 is 0 Å². The van der Waals surface area contributed by atoms with E-state index in [0.29, 0.717) is 0 Å². The highest BCUT2D eigenvalue weighted by atomic mass is 32.2. The molecule has 0 bridgehead atoms. The summed E-state index contributed by atoms with van der Waals surface area (Å²) in [6.45, 7) is 0. The molecule has 0 fully saturated rings. The van der Waals surface area contributed by atoms with E-state index in [1.807, 2.05) is 18.2 Å². The number of hydrogen-bond donors (Lipinski definition) is 1. The maximum Gasteiger partial charge on any atom is 0.0889 e. The van der Waals surface area contributed by atoms with Gasteiger partial charge in [0.05, 0.1) is 11.6 Å². The van der Waals surface area contributed by atoms with Crippen LogP contribution in [0.2, 0.25) is 0 Å². The molecule has 0 aliphatic heterocycles. The Labute approximate surface area is 64.3 Å². The van der Waals surface area contributed by atoms with E-state index in [2.05, 4.69) is 4.98 Å². The second-order valence-corrected chi connectivity index (χ2v) is 2.75. The van der Waals surface area contributed by atoms with E-state index in [1.54, 1.807) is 6.20 Å². The summed E-state index contributed by atoms with van der Waals surface area (Å²) < 4.78 is 0. The van der Waals surface area contributed by atoms with E-state index < -0.39 is 0 Å². The zero-order chi connectivity index (χ0) is 7.23. The number of aliphatic hydroxyl groups is 1. The van der Waals surface area contributed by atoms with E-state index in [-0.39, 0.29) is 5.94 Å². The first-order valence-corrected chi connectivity index (χ1v) is 4.17. The Balaban J connectivity index is 2.43. The van der Waals surface area contributed by atoms with Crippen LogP contribution in [0.1, 0.15) is 5.69 Å². The molecule has 0 atom stereocenters. The quantitative estimate of drug-likeness (QED) is 0.667. The van der Waals surface area contributed by atoms with Gasteiger partial charge in [-0.3, -0.25) is 4.98 Å². The van der Waals surface area contributed by atoms with Gasteiger partial charge >= 0.3 is 0 Å². The molecule has 0 aliphatic carbocycles. The lowest BCUT2D eigenvalue weighted by Crippen LogP contribution is -1.84. The summed E-state index contributed by atoms with van der Waals surface area (Å²) in [5.41, 5.74) is 1.02. The minimum atomic E-state index is 0.163. The number of aliphatic hydroxyl groups excluding tert-OH is 1. The Morgan fingerprint density at radius 2 is 2.40 bits per heavy atom. The van der Waals surface area contributed by atoms with Crippen molar-refractivity contribution >= 4 is 11.8 Å². The Hall–Kier alpha value is -0.540. The molecule has 2 nitrogen and oxygen atoms in total. The van der Waals surface area contributed by atoms with Crippen molar-refractivity contribution in [1.29, 1.82) is 0 Å². The summed E-state index contributed by atoms with van der Waals surface area (Å²) in [6.07, 6.45) is 1.76. The smallest absolute Gasteiger partial charge is 0.0889 e. The Kier molecular flexibility index (Phi) is 3.26. The van der Waals surface area contributed by atoms with Crippen LogP contribution >= 0.6 is 11.8 Å². The fourth-order valence-electron chi connectivity index (χ4n) is 0.634. The van der Waals surface area contributed by atoms with E-state index >= 15 is 0 Å².